The van der Waals surface area contributed by atoms with Crippen LogP contribution in [0.15, 0.2) is 4.52 Å². The molecular formula is C14H22N4O2. The molecule has 6 nitrogen and oxygen atoms in total. The molecule has 0 bridgehead atoms. The van der Waals surface area contributed by atoms with Gasteiger partial charge in [0.05, 0.1) is 6.04 Å². The number of nitrogens with zero attached hydrogens (tertiary/aromatic N) is 2. The number of hydrogen-bond acceptors (Lipinski definition) is 5. The normalized spacial score (nSPS) is 29.8. The number of aromatic nitrogens is 2. The third kappa shape index (κ3) is 2.85. The van der Waals surface area contributed by atoms with Gasteiger partial charge in [-0.05, 0) is 37.6 Å². The van der Waals surface area contributed by atoms with Crippen molar-refractivity contribution in [2.75, 3.05) is 13.1 Å². The number of amides is 1. The molecule has 3 rings (SSSR count). The second-order valence-electron chi connectivity index (χ2n) is 5.98. The van der Waals surface area contributed by atoms with E-state index in [4.69, 9.17) is 4.52 Å². The van der Waals surface area contributed by atoms with Gasteiger partial charge < -0.3 is 15.2 Å². The second-order valence-corrected chi connectivity index (χ2v) is 5.98. The minimum Gasteiger partial charge on any atom is -0.349 e. The predicted octanol–water partition coefficient (Wildman–Crippen LogP) is 1.66. The van der Waals surface area contributed by atoms with Gasteiger partial charge in [0, 0.05) is 6.54 Å². The van der Waals surface area contributed by atoms with E-state index in [0.717, 1.165) is 19.4 Å². The van der Waals surface area contributed by atoms with Crippen molar-refractivity contribution in [1.29, 1.82) is 0 Å². The summed E-state index contributed by atoms with van der Waals surface area (Å²) in [5, 5.41) is 10.00. The lowest BCUT2D eigenvalue weighted by molar-refractivity contribution is 0.0931. The number of hydrogen-bond donors (Lipinski definition) is 2. The van der Waals surface area contributed by atoms with Gasteiger partial charge in [-0.2, -0.15) is 4.98 Å². The van der Waals surface area contributed by atoms with Crippen molar-refractivity contribution in [3.63, 3.8) is 0 Å². The molecule has 1 amide bonds. The average Bonchev–Trinajstić information content (AvgIpc) is 3.17. The summed E-state index contributed by atoms with van der Waals surface area (Å²) in [5.41, 5.74) is 0. The SMILES string of the molecule is CC1CCCC1CNC(=O)c1noc(C2CCCN2)n1. The van der Waals surface area contributed by atoms with E-state index < -0.39 is 0 Å². The lowest BCUT2D eigenvalue weighted by Gasteiger charge is -2.14. The summed E-state index contributed by atoms with van der Waals surface area (Å²) in [5.74, 6) is 1.74. The largest absolute Gasteiger partial charge is 0.349 e. The molecule has 2 fully saturated rings. The van der Waals surface area contributed by atoms with Gasteiger partial charge in [-0.3, -0.25) is 4.79 Å². The Labute approximate surface area is 118 Å². The van der Waals surface area contributed by atoms with Gasteiger partial charge in [0.1, 0.15) is 0 Å². The molecule has 0 radical (unpaired) electrons. The summed E-state index contributed by atoms with van der Waals surface area (Å²) in [6, 6.07) is 0.110. The average molecular weight is 278 g/mol. The van der Waals surface area contributed by atoms with Crippen LogP contribution in [0.2, 0.25) is 0 Å². The van der Waals surface area contributed by atoms with E-state index >= 15 is 0 Å². The van der Waals surface area contributed by atoms with Crippen molar-refractivity contribution in [2.24, 2.45) is 11.8 Å². The van der Waals surface area contributed by atoms with Crippen LogP contribution in [-0.2, 0) is 0 Å². The smallest absolute Gasteiger partial charge is 0.292 e. The van der Waals surface area contributed by atoms with Gasteiger partial charge in [0.25, 0.3) is 11.7 Å². The zero-order chi connectivity index (χ0) is 13.9. The van der Waals surface area contributed by atoms with Crippen molar-refractivity contribution in [3.8, 4) is 0 Å². The fourth-order valence-corrected chi connectivity index (χ4v) is 3.19. The van der Waals surface area contributed by atoms with E-state index in [0.29, 0.717) is 24.3 Å². The molecule has 3 atom stereocenters. The van der Waals surface area contributed by atoms with Crippen molar-refractivity contribution < 1.29 is 9.32 Å². The van der Waals surface area contributed by atoms with Gasteiger partial charge in [-0.15, -0.1) is 0 Å². The highest BCUT2D eigenvalue weighted by Crippen LogP contribution is 2.30. The molecular weight excluding hydrogens is 256 g/mol. The van der Waals surface area contributed by atoms with Crippen LogP contribution in [0, 0.1) is 11.8 Å². The van der Waals surface area contributed by atoms with Crippen LogP contribution in [-0.4, -0.2) is 29.1 Å². The zero-order valence-electron chi connectivity index (χ0n) is 11.9. The van der Waals surface area contributed by atoms with Gasteiger partial charge in [-0.1, -0.05) is 24.9 Å². The fourth-order valence-electron chi connectivity index (χ4n) is 3.19. The van der Waals surface area contributed by atoms with Crippen molar-refractivity contribution >= 4 is 5.91 Å². The Balaban J connectivity index is 1.54. The summed E-state index contributed by atoms with van der Waals surface area (Å²) in [6.45, 7) is 3.93. The van der Waals surface area contributed by atoms with E-state index in [2.05, 4.69) is 27.7 Å². The molecule has 1 aliphatic carbocycles. The standard InChI is InChI=1S/C14H22N4O2/c1-9-4-2-5-10(9)8-16-13(19)12-17-14(20-18-12)11-6-3-7-15-11/h9-11,15H,2-8H2,1H3,(H,16,19). The summed E-state index contributed by atoms with van der Waals surface area (Å²) >= 11 is 0. The van der Waals surface area contributed by atoms with E-state index in [9.17, 15) is 4.79 Å². The highest BCUT2D eigenvalue weighted by molar-refractivity contribution is 5.90. The number of carbonyl (C=O) groups is 1. The van der Waals surface area contributed by atoms with Crippen molar-refractivity contribution in [1.82, 2.24) is 20.8 Å². The first-order valence-corrected chi connectivity index (χ1v) is 7.59. The van der Waals surface area contributed by atoms with Crippen molar-refractivity contribution in [3.05, 3.63) is 11.7 Å². The van der Waals surface area contributed by atoms with Crippen LogP contribution in [0.5, 0.6) is 0 Å². The third-order valence-corrected chi connectivity index (χ3v) is 4.57. The maximum absolute atomic E-state index is 12.0. The molecule has 1 aliphatic heterocycles. The fraction of sp³-hybridized carbons (Fsp3) is 0.786. The lowest BCUT2D eigenvalue weighted by atomic mass is 9.98. The van der Waals surface area contributed by atoms with Crippen LogP contribution < -0.4 is 10.6 Å². The van der Waals surface area contributed by atoms with E-state index in [-0.39, 0.29) is 17.8 Å². The van der Waals surface area contributed by atoms with Crippen LogP contribution in [0.4, 0.5) is 0 Å². The highest BCUT2D eigenvalue weighted by atomic mass is 16.5. The summed E-state index contributed by atoms with van der Waals surface area (Å²) < 4.78 is 5.18. The molecule has 1 saturated carbocycles. The van der Waals surface area contributed by atoms with Gasteiger partial charge in [-0.25, -0.2) is 0 Å². The molecule has 1 aromatic rings. The Morgan fingerprint density at radius 3 is 3.00 bits per heavy atom. The molecule has 1 aromatic heterocycles. The molecule has 2 aliphatic rings. The van der Waals surface area contributed by atoms with E-state index in [1.807, 2.05) is 0 Å². The van der Waals surface area contributed by atoms with Crippen molar-refractivity contribution in [2.45, 2.75) is 45.1 Å². The minimum atomic E-state index is -0.225. The second kappa shape index (κ2) is 5.91. The third-order valence-electron chi connectivity index (χ3n) is 4.57. The number of nitrogens with one attached hydrogen (secondary N) is 2. The van der Waals surface area contributed by atoms with Gasteiger partial charge in [0.2, 0.25) is 5.89 Å². The van der Waals surface area contributed by atoms with Crippen LogP contribution in [0.25, 0.3) is 0 Å². The predicted molar refractivity (Wildman–Crippen MR) is 73.1 cm³/mol. The topological polar surface area (TPSA) is 80.0 Å². The first-order chi connectivity index (χ1) is 9.74. The summed E-state index contributed by atoms with van der Waals surface area (Å²) in [7, 11) is 0. The Morgan fingerprint density at radius 1 is 1.40 bits per heavy atom. The Kier molecular flexibility index (Phi) is 4.00. The quantitative estimate of drug-likeness (QED) is 0.875. The molecule has 3 unspecified atom stereocenters. The van der Waals surface area contributed by atoms with Crippen LogP contribution >= 0.6 is 0 Å². The monoisotopic (exact) mass is 278 g/mol. The van der Waals surface area contributed by atoms with Gasteiger partial charge in [0.15, 0.2) is 0 Å². The lowest BCUT2D eigenvalue weighted by Crippen LogP contribution is -2.31. The molecule has 20 heavy (non-hydrogen) atoms. The van der Waals surface area contributed by atoms with Crippen LogP contribution in [0.1, 0.15) is 61.6 Å². The van der Waals surface area contributed by atoms with Gasteiger partial charge >= 0.3 is 0 Å². The Hall–Kier alpha value is -1.43. The molecule has 110 valence electrons. The summed E-state index contributed by atoms with van der Waals surface area (Å²) in [4.78, 5) is 16.2. The van der Waals surface area contributed by atoms with E-state index in [1.165, 1.54) is 19.3 Å². The minimum absolute atomic E-state index is 0.110. The first-order valence-electron chi connectivity index (χ1n) is 7.59. The molecule has 1 saturated heterocycles. The van der Waals surface area contributed by atoms with Crippen LogP contribution in [0.3, 0.4) is 0 Å². The zero-order valence-corrected chi connectivity index (χ0v) is 11.9. The Bertz CT molecular complexity index is 467. The number of rotatable bonds is 4. The molecule has 2 heterocycles. The molecule has 0 aromatic carbocycles. The Morgan fingerprint density at radius 2 is 2.30 bits per heavy atom. The highest BCUT2D eigenvalue weighted by Gasteiger charge is 2.26. The molecule has 0 spiro atoms. The first kappa shape index (κ1) is 13.5. The maximum Gasteiger partial charge on any atom is 0.292 e. The molecule has 6 heteroatoms. The molecule has 2 N–H and O–H groups in total. The van der Waals surface area contributed by atoms with E-state index in [1.54, 1.807) is 0 Å². The summed E-state index contributed by atoms with van der Waals surface area (Å²) in [6.07, 6.45) is 5.82. The number of carbonyl (C=O) groups excluding carboxylic acids is 1. The maximum atomic E-state index is 12.0.